The SMILES string of the molecule is CSCCCCCCNCc1cc(C(=O)O)co1. The second-order valence-electron chi connectivity index (χ2n) is 4.19. The standard InChI is InChI=1S/C13H21NO3S/c1-18-7-5-3-2-4-6-14-9-12-8-11(10-17-12)13(15)16/h8,10,14H,2-7,9H2,1H3,(H,15,16). The Morgan fingerprint density at radius 2 is 2.17 bits per heavy atom. The van der Waals surface area contributed by atoms with Gasteiger partial charge >= 0.3 is 5.97 Å². The summed E-state index contributed by atoms with van der Waals surface area (Å²) in [6.07, 6.45) is 8.39. The van der Waals surface area contributed by atoms with Crippen molar-refractivity contribution >= 4 is 17.7 Å². The maximum absolute atomic E-state index is 10.6. The molecule has 1 aromatic rings. The summed E-state index contributed by atoms with van der Waals surface area (Å²) in [7, 11) is 0. The molecule has 0 aliphatic carbocycles. The minimum Gasteiger partial charge on any atom is -0.478 e. The van der Waals surface area contributed by atoms with Gasteiger partial charge in [-0.3, -0.25) is 0 Å². The molecule has 0 aliphatic heterocycles. The van der Waals surface area contributed by atoms with Crippen molar-refractivity contribution in [2.45, 2.75) is 32.2 Å². The van der Waals surface area contributed by atoms with Crippen molar-refractivity contribution < 1.29 is 14.3 Å². The quantitative estimate of drug-likeness (QED) is 0.641. The number of hydrogen-bond donors (Lipinski definition) is 2. The van der Waals surface area contributed by atoms with Crippen molar-refractivity contribution in [3.63, 3.8) is 0 Å². The fraction of sp³-hybridized carbons (Fsp3) is 0.615. The highest BCUT2D eigenvalue weighted by molar-refractivity contribution is 7.98. The Hall–Kier alpha value is -0.940. The van der Waals surface area contributed by atoms with Gasteiger partial charge in [-0.15, -0.1) is 0 Å². The summed E-state index contributed by atoms with van der Waals surface area (Å²) in [6.45, 7) is 1.54. The Bertz CT molecular complexity index is 352. The molecule has 4 nitrogen and oxygen atoms in total. The van der Waals surface area contributed by atoms with Crippen LogP contribution in [0.4, 0.5) is 0 Å². The van der Waals surface area contributed by atoms with Gasteiger partial charge in [0.25, 0.3) is 0 Å². The lowest BCUT2D eigenvalue weighted by molar-refractivity contribution is 0.0696. The van der Waals surface area contributed by atoms with Gasteiger partial charge < -0.3 is 14.8 Å². The van der Waals surface area contributed by atoms with Crippen LogP contribution in [0.5, 0.6) is 0 Å². The summed E-state index contributed by atoms with van der Waals surface area (Å²) in [6, 6.07) is 1.56. The van der Waals surface area contributed by atoms with E-state index in [1.54, 1.807) is 6.07 Å². The molecule has 0 radical (unpaired) electrons. The normalized spacial score (nSPS) is 10.7. The molecule has 0 amide bonds. The molecule has 0 saturated carbocycles. The Morgan fingerprint density at radius 1 is 1.39 bits per heavy atom. The van der Waals surface area contributed by atoms with Crippen LogP contribution in [0, 0.1) is 0 Å². The number of nitrogens with one attached hydrogen (secondary N) is 1. The summed E-state index contributed by atoms with van der Waals surface area (Å²) >= 11 is 1.90. The fourth-order valence-electron chi connectivity index (χ4n) is 1.65. The molecule has 0 unspecified atom stereocenters. The van der Waals surface area contributed by atoms with E-state index in [2.05, 4.69) is 11.6 Å². The predicted octanol–water partition coefficient (Wildman–Crippen LogP) is 2.99. The number of carboxylic acids is 1. The molecule has 0 saturated heterocycles. The third kappa shape index (κ3) is 6.12. The summed E-state index contributed by atoms with van der Waals surface area (Å²) in [5.41, 5.74) is 0.212. The van der Waals surface area contributed by atoms with E-state index in [1.807, 2.05) is 11.8 Å². The number of unbranched alkanes of at least 4 members (excludes halogenated alkanes) is 3. The lowest BCUT2D eigenvalue weighted by atomic mass is 10.2. The second-order valence-corrected chi connectivity index (χ2v) is 5.18. The van der Waals surface area contributed by atoms with Crippen molar-refractivity contribution in [1.29, 1.82) is 0 Å². The van der Waals surface area contributed by atoms with E-state index in [4.69, 9.17) is 9.52 Å². The van der Waals surface area contributed by atoms with E-state index in [0.717, 1.165) is 13.0 Å². The first-order chi connectivity index (χ1) is 8.74. The molecule has 0 spiro atoms. The lowest BCUT2D eigenvalue weighted by Gasteiger charge is -2.02. The molecule has 102 valence electrons. The Morgan fingerprint density at radius 3 is 2.83 bits per heavy atom. The van der Waals surface area contributed by atoms with Gasteiger partial charge in [0.2, 0.25) is 0 Å². The first-order valence-corrected chi connectivity index (χ1v) is 7.64. The van der Waals surface area contributed by atoms with Crippen LogP contribution in [0.15, 0.2) is 16.7 Å². The molecule has 0 bridgehead atoms. The first-order valence-electron chi connectivity index (χ1n) is 6.24. The van der Waals surface area contributed by atoms with E-state index in [0.29, 0.717) is 12.3 Å². The zero-order valence-electron chi connectivity index (χ0n) is 10.8. The maximum Gasteiger partial charge on any atom is 0.338 e. The summed E-state index contributed by atoms with van der Waals surface area (Å²) < 4.78 is 5.14. The van der Waals surface area contributed by atoms with Gasteiger partial charge in [-0.05, 0) is 37.5 Å². The molecule has 0 atom stereocenters. The van der Waals surface area contributed by atoms with Crippen LogP contribution in [0.25, 0.3) is 0 Å². The second kappa shape index (κ2) is 9.05. The maximum atomic E-state index is 10.6. The Balaban J connectivity index is 2.02. The van der Waals surface area contributed by atoms with Crippen molar-refractivity contribution in [3.8, 4) is 0 Å². The minimum atomic E-state index is -0.946. The van der Waals surface area contributed by atoms with Crippen LogP contribution < -0.4 is 5.32 Å². The van der Waals surface area contributed by atoms with Crippen molar-refractivity contribution in [1.82, 2.24) is 5.32 Å². The van der Waals surface area contributed by atoms with Crippen LogP contribution in [0.3, 0.4) is 0 Å². The fourth-order valence-corrected chi connectivity index (χ4v) is 2.14. The summed E-state index contributed by atoms with van der Waals surface area (Å²) in [5.74, 6) is 0.978. The van der Waals surface area contributed by atoms with Gasteiger partial charge in [0.15, 0.2) is 0 Å². The monoisotopic (exact) mass is 271 g/mol. The van der Waals surface area contributed by atoms with Gasteiger partial charge in [-0.25, -0.2) is 4.79 Å². The highest BCUT2D eigenvalue weighted by Crippen LogP contribution is 2.08. The molecule has 0 fully saturated rings. The van der Waals surface area contributed by atoms with E-state index >= 15 is 0 Å². The van der Waals surface area contributed by atoms with Crippen LogP contribution in [0.2, 0.25) is 0 Å². The van der Waals surface area contributed by atoms with Crippen LogP contribution in [0.1, 0.15) is 41.8 Å². The number of carboxylic acid groups (broad SMARTS) is 1. The van der Waals surface area contributed by atoms with Crippen molar-refractivity contribution in [2.24, 2.45) is 0 Å². The highest BCUT2D eigenvalue weighted by Gasteiger charge is 2.07. The number of rotatable bonds is 10. The molecule has 0 aliphatic rings. The molecular weight excluding hydrogens is 250 g/mol. The van der Waals surface area contributed by atoms with Gasteiger partial charge in [-0.2, -0.15) is 11.8 Å². The number of furan rings is 1. The zero-order chi connectivity index (χ0) is 13.2. The molecule has 1 aromatic heterocycles. The summed E-state index contributed by atoms with van der Waals surface area (Å²) in [5, 5.41) is 12.0. The number of thioether (sulfide) groups is 1. The third-order valence-electron chi connectivity index (χ3n) is 2.65. The van der Waals surface area contributed by atoms with Gasteiger partial charge in [-0.1, -0.05) is 12.8 Å². The average molecular weight is 271 g/mol. The van der Waals surface area contributed by atoms with E-state index in [1.165, 1.54) is 31.3 Å². The van der Waals surface area contributed by atoms with Crippen LogP contribution >= 0.6 is 11.8 Å². The molecule has 5 heteroatoms. The van der Waals surface area contributed by atoms with E-state index in [9.17, 15) is 4.79 Å². The third-order valence-corrected chi connectivity index (χ3v) is 3.35. The van der Waals surface area contributed by atoms with Gasteiger partial charge in [0.1, 0.15) is 12.0 Å². The number of aromatic carboxylic acids is 1. The van der Waals surface area contributed by atoms with Crippen molar-refractivity contribution in [3.05, 3.63) is 23.7 Å². The van der Waals surface area contributed by atoms with Crippen molar-refractivity contribution in [2.75, 3.05) is 18.6 Å². The predicted molar refractivity (Wildman–Crippen MR) is 74.2 cm³/mol. The Labute approximate surface area is 112 Å². The largest absolute Gasteiger partial charge is 0.478 e. The molecule has 0 aromatic carbocycles. The number of hydrogen-bond acceptors (Lipinski definition) is 4. The van der Waals surface area contributed by atoms with Crippen LogP contribution in [-0.2, 0) is 6.54 Å². The molecule has 1 rings (SSSR count). The highest BCUT2D eigenvalue weighted by atomic mass is 32.2. The zero-order valence-corrected chi connectivity index (χ0v) is 11.6. The van der Waals surface area contributed by atoms with Gasteiger partial charge in [0, 0.05) is 0 Å². The molecule has 1 heterocycles. The van der Waals surface area contributed by atoms with E-state index in [-0.39, 0.29) is 5.56 Å². The Kier molecular flexibility index (Phi) is 7.60. The molecular formula is C13H21NO3S. The minimum absolute atomic E-state index is 0.212. The average Bonchev–Trinajstić information content (AvgIpc) is 2.81. The smallest absolute Gasteiger partial charge is 0.338 e. The first kappa shape index (κ1) is 15.1. The van der Waals surface area contributed by atoms with Crippen LogP contribution in [-0.4, -0.2) is 29.6 Å². The molecule has 2 N–H and O–H groups in total. The lowest BCUT2D eigenvalue weighted by Crippen LogP contribution is -2.14. The van der Waals surface area contributed by atoms with E-state index < -0.39 is 5.97 Å². The topological polar surface area (TPSA) is 62.5 Å². The molecule has 18 heavy (non-hydrogen) atoms. The number of carbonyl (C=O) groups is 1. The summed E-state index contributed by atoms with van der Waals surface area (Å²) in [4.78, 5) is 10.6. The van der Waals surface area contributed by atoms with Gasteiger partial charge in [0.05, 0.1) is 12.1 Å².